The summed E-state index contributed by atoms with van der Waals surface area (Å²) in [5.41, 5.74) is 0.458. The number of nitriles is 1. The van der Waals surface area contributed by atoms with Gasteiger partial charge in [-0.1, -0.05) is 30.0 Å². The molecule has 1 aromatic carbocycles. The molecule has 1 heterocycles. The van der Waals surface area contributed by atoms with Gasteiger partial charge in [-0.3, -0.25) is 9.67 Å². The van der Waals surface area contributed by atoms with E-state index in [0.717, 1.165) is 9.13 Å². The molecule has 120 valence electrons. The molecular formula is C14H14N4O2S3. The van der Waals surface area contributed by atoms with Crippen molar-refractivity contribution >= 4 is 35.7 Å². The second kappa shape index (κ2) is 8.90. The van der Waals surface area contributed by atoms with E-state index in [0.29, 0.717) is 15.5 Å². The van der Waals surface area contributed by atoms with Crippen molar-refractivity contribution in [2.24, 2.45) is 7.05 Å². The molecule has 0 aliphatic carbocycles. The zero-order valence-electron chi connectivity index (χ0n) is 12.5. The van der Waals surface area contributed by atoms with Crippen molar-refractivity contribution in [1.29, 1.82) is 5.26 Å². The van der Waals surface area contributed by atoms with Crippen LogP contribution in [-0.4, -0.2) is 28.5 Å². The Bertz CT molecular complexity index is 777. The molecule has 0 spiro atoms. The van der Waals surface area contributed by atoms with Gasteiger partial charge in [0.05, 0.1) is 23.0 Å². The van der Waals surface area contributed by atoms with E-state index in [4.69, 9.17) is 17.1 Å². The lowest BCUT2D eigenvalue weighted by Gasteiger charge is -2.09. The highest BCUT2D eigenvalue weighted by Gasteiger charge is 2.15. The SMILES string of the molecule is COOC/C(C#N)=C(/Sc1ccccc1)Sc1n[nH]c(=S)n1C. The summed E-state index contributed by atoms with van der Waals surface area (Å²) in [6, 6.07) is 11.9. The number of nitrogens with zero attached hydrogens (tertiary/aromatic N) is 3. The monoisotopic (exact) mass is 366 g/mol. The Hall–Kier alpha value is -1.57. The first-order valence-electron chi connectivity index (χ1n) is 6.46. The summed E-state index contributed by atoms with van der Waals surface area (Å²) in [7, 11) is 3.22. The number of thioether (sulfide) groups is 2. The predicted octanol–water partition coefficient (Wildman–Crippen LogP) is 3.68. The Morgan fingerprint density at radius 2 is 2.13 bits per heavy atom. The van der Waals surface area contributed by atoms with Crippen LogP contribution in [0.25, 0.3) is 0 Å². The molecule has 1 N–H and O–H groups in total. The highest BCUT2D eigenvalue weighted by molar-refractivity contribution is 8.22. The number of benzene rings is 1. The minimum atomic E-state index is 0.0596. The van der Waals surface area contributed by atoms with Gasteiger partial charge in [0, 0.05) is 11.9 Å². The van der Waals surface area contributed by atoms with Gasteiger partial charge in [-0.25, -0.2) is 9.78 Å². The molecule has 6 nitrogen and oxygen atoms in total. The van der Waals surface area contributed by atoms with Crippen molar-refractivity contribution in [1.82, 2.24) is 14.8 Å². The topological polar surface area (TPSA) is 75.9 Å². The normalized spacial score (nSPS) is 11.9. The highest BCUT2D eigenvalue weighted by atomic mass is 32.2. The number of rotatable bonds is 7. The Labute approximate surface area is 147 Å². The molecular weight excluding hydrogens is 352 g/mol. The average molecular weight is 366 g/mol. The van der Waals surface area contributed by atoms with E-state index >= 15 is 0 Å². The molecule has 0 radical (unpaired) electrons. The maximum atomic E-state index is 9.43. The lowest BCUT2D eigenvalue weighted by Crippen LogP contribution is -1.98. The Morgan fingerprint density at radius 1 is 1.39 bits per heavy atom. The van der Waals surface area contributed by atoms with E-state index in [9.17, 15) is 5.26 Å². The van der Waals surface area contributed by atoms with Crippen LogP contribution in [0.2, 0.25) is 0 Å². The number of H-pyrrole nitrogens is 1. The van der Waals surface area contributed by atoms with Gasteiger partial charge < -0.3 is 0 Å². The third kappa shape index (κ3) is 4.95. The van der Waals surface area contributed by atoms with Gasteiger partial charge in [0.1, 0.15) is 6.61 Å². The Kier molecular flexibility index (Phi) is 6.88. The van der Waals surface area contributed by atoms with Crippen LogP contribution >= 0.6 is 35.7 Å². The molecule has 0 unspecified atom stereocenters. The zero-order chi connectivity index (χ0) is 16.7. The Balaban J connectivity index is 2.34. The van der Waals surface area contributed by atoms with E-state index in [1.807, 2.05) is 37.4 Å². The molecule has 0 saturated carbocycles. The van der Waals surface area contributed by atoms with Gasteiger partial charge in [-0.2, -0.15) is 5.26 Å². The molecule has 0 aliphatic rings. The van der Waals surface area contributed by atoms with Crippen LogP contribution in [0.1, 0.15) is 0 Å². The van der Waals surface area contributed by atoms with Crippen LogP contribution < -0.4 is 0 Å². The first kappa shape index (κ1) is 17.8. The molecule has 0 fully saturated rings. The van der Waals surface area contributed by atoms with Crippen molar-refractivity contribution in [2.45, 2.75) is 10.1 Å². The van der Waals surface area contributed by atoms with E-state index in [1.54, 1.807) is 4.57 Å². The van der Waals surface area contributed by atoms with Crippen LogP contribution in [0.15, 0.2) is 50.2 Å². The number of hydrogen-bond acceptors (Lipinski definition) is 7. The van der Waals surface area contributed by atoms with Gasteiger partial charge in [-0.15, -0.1) is 5.10 Å². The predicted molar refractivity (Wildman–Crippen MR) is 92.1 cm³/mol. The van der Waals surface area contributed by atoms with Crippen molar-refractivity contribution < 1.29 is 9.78 Å². The number of hydrogen-bond donors (Lipinski definition) is 1. The smallest absolute Gasteiger partial charge is 0.195 e. The van der Waals surface area contributed by atoms with E-state index in [2.05, 4.69) is 21.2 Å². The minimum absolute atomic E-state index is 0.0596. The van der Waals surface area contributed by atoms with Crippen molar-refractivity contribution in [3.8, 4) is 6.07 Å². The molecule has 0 atom stereocenters. The van der Waals surface area contributed by atoms with E-state index < -0.39 is 0 Å². The fourth-order valence-corrected chi connectivity index (χ4v) is 3.82. The van der Waals surface area contributed by atoms with Gasteiger partial charge in [0.2, 0.25) is 0 Å². The lowest BCUT2D eigenvalue weighted by molar-refractivity contribution is -0.264. The van der Waals surface area contributed by atoms with Gasteiger partial charge in [0.15, 0.2) is 9.93 Å². The summed E-state index contributed by atoms with van der Waals surface area (Å²) < 4.78 is 3.02. The van der Waals surface area contributed by atoms with Crippen LogP contribution in [0.4, 0.5) is 0 Å². The molecule has 2 aromatic rings. The second-order valence-corrected chi connectivity index (χ2v) is 6.90. The largest absolute Gasteiger partial charge is 0.298 e. The van der Waals surface area contributed by atoms with Crippen molar-refractivity contribution in [2.75, 3.05) is 13.7 Å². The summed E-state index contributed by atoms with van der Waals surface area (Å²) in [5, 5.41) is 17.0. The molecule has 2 rings (SSSR count). The fourth-order valence-electron chi connectivity index (χ4n) is 1.50. The fraction of sp³-hybridized carbons (Fsp3) is 0.214. The summed E-state index contributed by atoms with van der Waals surface area (Å²) >= 11 is 7.94. The van der Waals surface area contributed by atoms with E-state index in [1.165, 1.54) is 30.6 Å². The third-order valence-electron chi connectivity index (χ3n) is 2.68. The maximum Gasteiger partial charge on any atom is 0.195 e. The summed E-state index contributed by atoms with van der Waals surface area (Å²) in [6.45, 7) is 0.0596. The highest BCUT2D eigenvalue weighted by Crippen LogP contribution is 2.40. The molecule has 23 heavy (non-hydrogen) atoms. The Morgan fingerprint density at radius 3 is 2.70 bits per heavy atom. The number of aromatic nitrogens is 3. The minimum Gasteiger partial charge on any atom is -0.298 e. The standard InChI is InChI=1S/C14H14N4O2S3/c1-18-13(21)16-17-14(18)23-12(10(8-15)9-20-19-2)22-11-6-4-3-5-7-11/h3-7H,9H2,1-2H3,(H,16,21)/b12-10-. The van der Waals surface area contributed by atoms with Crippen molar-refractivity contribution in [3.63, 3.8) is 0 Å². The van der Waals surface area contributed by atoms with Crippen molar-refractivity contribution in [3.05, 3.63) is 44.9 Å². The quantitative estimate of drug-likeness (QED) is 0.263. The van der Waals surface area contributed by atoms with Gasteiger partial charge in [0.25, 0.3) is 0 Å². The molecule has 0 aliphatic heterocycles. The van der Waals surface area contributed by atoms with Crippen LogP contribution in [0, 0.1) is 16.1 Å². The van der Waals surface area contributed by atoms with Gasteiger partial charge in [-0.05, 0) is 36.1 Å². The number of aromatic amines is 1. The molecule has 0 bridgehead atoms. The van der Waals surface area contributed by atoms with Crippen LogP contribution in [-0.2, 0) is 16.8 Å². The van der Waals surface area contributed by atoms with Crippen LogP contribution in [0.3, 0.4) is 0 Å². The average Bonchev–Trinajstić information content (AvgIpc) is 2.88. The second-order valence-electron chi connectivity index (χ2n) is 4.19. The molecule has 9 heteroatoms. The summed E-state index contributed by atoms with van der Waals surface area (Å²) in [4.78, 5) is 10.5. The molecule has 1 aromatic heterocycles. The third-order valence-corrected chi connectivity index (χ3v) is 5.46. The summed E-state index contributed by atoms with van der Waals surface area (Å²) in [6.07, 6.45) is 0. The van der Waals surface area contributed by atoms with Gasteiger partial charge >= 0.3 is 0 Å². The lowest BCUT2D eigenvalue weighted by atomic mass is 10.4. The first-order chi connectivity index (χ1) is 11.2. The molecule has 0 saturated heterocycles. The molecule has 0 amide bonds. The van der Waals surface area contributed by atoms with Crippen LogP contribution in [0.5, 0.6) is 0 Å². The summed E-state index contributed by atoms with van der Waals surface area (Å²) in [5.74, 6) is 0. The van der Waals surface area contributed by atoms with E-state index in [-0.39, 0.29) is 6.61 Å². The number of nitrogens with one attached hydrogen (secondary N) is 1. The zero-order valence-corrected chi connectivity index (χ0v) is 14.9. The maximum absolute atomic E-state index is 9.43. The first-order valence-corrected chi connectivity index (χ1v) is 8.50.